The molecule has 3 rings (SSSR count). The summed E-state index contributed by atoms with van der Waals surface area (Å²) in [4.78, 5) is 12.0. The van der Waals surface area contributed by atoms with Crippen LogP contribution in [0.4, 0.5) is 6.01 Å². The summed E-state index contributed by atoms with van der Waals surface area (Å²) >= 11 is 4.35. The van der Waals surface area contributed by atoms with Crippen LogP contribution in [0.25, 0.3) is 11.5 Å². The predicted octanol–water partition coefficient (Wildman–Crippen LogP) is 3.99. The lowest BCUT2D eigenvalue weighted by molar-refractivity contribution is -0.113. The molecule has 0 unspecified atom stereocenters. The van der Waals surface area contributed by atoms with E-state index in [0.29, 0.717) is 5.89 Å². The lowest BCUT2D eigenvalue weighted by Gasteiger charge is -1.98. The van der Waals surface area contributed by atoms with E-state index < -0.39 is 0 Å². The summed E-state index contributed by atoms with van der Waals surface area (Å²) in [5.74, 6) is 1.10. The van der Waals surface area contributed by atoms with Gasteiger partial charge < -0.3 is 4.42 Å². The highest BCUT2D eigenvalue weighted by atomic mass is 32.2. The van der Waals surface area contributed by atoms with Crippen LogP contribution in [0.1, 0.15) is 6.92 Å². The quantitative estimate of drug-likeness (QED) is 0.444. The van der Waals surface area contributed by atoms with Gasteiger partial charge in [0, 0.05) is 11.3 Å². The number of nitrogens with zero attached hydrogens (tertiary/aromatic N) is 4. The Labute approximate surface area is 162 Å². The minimum Gasteiger partial charge on any atom is -0.403 e. The number of aromatic nitrogens is 4. The van der Waals surface area contributed by atoms with Gasteiger partial charge in [0.05, 0.1) is 5.75 Å². The van der Waals surface area contributed by atoms with Gasteiger partial charge in [0.15, 0.2) is 8.68 Å². The van der Waals surface area contributed by atoms with Crippen molar-refractivity contribution in [2.24, 2.45) is 0 Å². The molecule has 7 nitrogen and oxygen atoms in total. The maximum Gasteiger partial charge on any atom is 0.322 e. The number of carbonyl (C=O) groups is 1. The first kappa shape index (κ1) is 18.6. The molecule has 1 N–H and O–H groups in total. The monoisotopic (exact) mass is 405 g/mol. The minimum atomic E-state index is -0.246. The molecule has 2 aromatic heterocycles. The zero-order valence-corrected chi connectivity index (χ0v) is 16.3. The molecule has 134 valence electrons. The molecule has 1 aromatic carbocycles. The van der Waals surface area contributed by atoms with E-state index in [0.717, 1.165) is 25.6 Å². The van der Waals surface area contributed by atoms with Gasteiger partial charge in [-0.2, -0.15) is 0 Å². The van der Waals surface area contributed by atoms with Crippen molar-refractivity contribution in [2.45, 2.75) is 15.6 Å². The average molecular weight is 406 g/mol. The molecular formula is C16H15N5O2S3. The third-order valence-electron chi connectivity index (χ3n) is 2.85. The van der Waals surface area contributed by atoms with Crippen LogP contribution >= 0.6 is 34.9 Å². The highest BCUT2D eigenvalue weighted by molar-refractivity contribution is 8.03. The molecule has 0 aliphatic rings. The van der Waals surface area contributed by atoms with Crippen molar-refractivity contribution in [3.05, 3.63) is 42.5 Å². The molecule has 0 atom stereocenters. The number of amides is 1. The maximum atomic E-state index is 12.0. The molecule has 26 heavy (non-hydrogen) atoms. The van der Waals surface area contributed by atoms with E-state index in [4.69, 9.17) is 4.42 Å². The molecular weight excluding hydrogens is 390 g/mol. The molecule has 1 amide bonds. The van der Waals surface area contributed by atoms with Crippen molar-refractivity contribution < 1.29 is 9.21 Å². The molecule has 10 heteroatoms. The maximum absolute atomic E-state index is 12.0. The van der Waals surface area contributed by atoms with Gasteiger partial charge in [-0.3, -0.25) is 10.1 Å². The van der Waals surface area contributed by atoms with E-state index in [1.807, 2.05) is 37.3 Å². The van der Waals surface area contributed by atoms with Crippen LogP contribution < -0.4 is 5.32 Å². The number of hydrogen-bond donors (Lipinski definition) is 1. The van der Waals surface area contributed by atoms with Gasteiger partial charge in [0.1, 0.15) is 0 Å². The van der Waals surface area contributed by atoms with Crippen LogP contribution in [0, 0.1) is 0 Å². The minimum absolute atomic E-state index is 0.0735. The predicted molar refractivity (Wildman–Crippen MR) is 105 cm³/mol. The highest BCUT2D eigenvalue weighted by Crippen LogP contribution is 2.29. The van der Waals surface area contributed by atoms with E-state index in [1.165, 1.54) is 23.1 Å². The largest absolute Gasteiger partial charge is 0.403 e. The van der Waals surface area contributed by atoms with Gasteiger partial charge in [0.2, 0.25) is 11.8 Å². The number of thioether (sulfide) groups is 2. The summed E-state index contributed by atoms with van der Waals surface area (Å²) in [5.41, 5.74) is 1.87. The Balaban J connectivity index is 1.49. The summed E-state index contributed by atoms with van der Waals surface area (Å²) in [6, 6.07) is 9.43. The fourth-order valence-corrected chi connectivity index (χ4v) is 4.42. The van der Waals surface area contributed by atoms with Gasteiger partial charge in [-0.25, -0.2) is 0 Å². The Kier molecular flexibility index (Phi) is 6.42. The lowest BCUT2D eigenvalue weighted by atomic mass is 10.2. The molecule has 2 heterocycles. The van der Waals surface area contributed by atoms with Crippen molar-refractivity contribution in [3.63, 3.8) is 0 Å². The summed E-state index contributed by atoms with van der Waals surface area (Å²) in [6.45, 7) is 5.82. The highest BCUT2D eigenvalue weighted by Gasteiger charge is 2.13. The molecule has 0 spiro atoms. The smallest absolute Gasteiger partial charge is 0.322 e. The number of benzene rings is 1. The SMILES string of the molecule is C=C(C)CSc1nnc(SCC(=O)Nc2nnc(-c3ccccc3)o2)s1. The molecule has 0 saturated heterocycles. The van der Waals surface area contributed by atoms with Crippen LogP contribution in [0.15, 0.2) is 55.6 Å². The van der Waals surface area contributed by atoms with Crippen LogP contribution in [0.3, 0.4) is 0 Å². The molecule has 3 aromatic rings. The number of nitrogens with one attached hydrogen (secondary N) is 1. The van der Waals surface area contributed by atoms with Crippen molar-refractivity contribution in [3.8, 4) is 11.5 Å². The van der Waals surface area contributed by atoms with E-state index >= 15 is 0 Å². The van der Waals surface area contributed by atoms with Crippen molar-refractivity contribution in [1.29, 1.82) is 0 Å². The fourth-order valence-electron chi connectivity index (χ4n) is 1.75. The standard InChI is InChI=1S/C16H15N5O2S3/c1-10(2)8-24-15-20-21-16(26-15)25-9-12(22)17-14-19-18-13(23-14)11-6-4-3-5-7-11/h3-7H,1,8-9H2,2H3,(H,17,19,22). The number of hydrogen-bond acceptors (Lipinski definition) is 9. The van der Waals surface area contributed by atoms with E-state index in [-0.39, 0.29) is 17.7 Å². The second-order valence-electron chi connectivity index (χ2n) is 5.19. The first-order valence-corrected chi connectivity index (χ1v) is 10.3. The van der Waals surface area contributed by atoms with Crippen LogP contribution in [0.2, 0.25) is 0 Å². The van der Waals surface area contributed by atoms with Gasteiger partial charge in [-0.1, -0.05) is 70.3 Å². The number of rotatable bonds is 8. The van der Waals surface area contributed by atoms with Crippen LogP contribution in [0.5, 0.6) is 0 Å². The second kappa shape index (κ2) is 8.97. The van der Waals surface area contributed by atoms with Crippen molar-refractivity contribution >= 4 is 46.8 Å². The Morgan fingerprint density at radius 2 is 1.81 bits per heavy atom. The normalized spacial score (nSPS) is 10.7. The fraction of sp³-hybridized carbons (Fsp3) is 0.188. The van der Waals surface area contributed by atoms with Crippen LogP contribution in [-0.4, -0.2) is 37.8 Å². The summed E-state index contributed by atoms with van der Waals surface area (Å²) < 4.78 is 7.05. The molecule has 0 radical (unpaired) electrons. The third-order valence-corrected chi connectivity index (χ3v) is 6.27. The van der Waals surface area contributed by atoms with Gasteiger partial charge >= 0.3 is 6.01 Å². The van der Waals surface area contributed by atoms with Crippen molar-refractivity contribution in [1.82, 2.24) is 20.4 Å². The zero-order valence-electron chi connectivity index (χ0n) is 13.8. The molecule has 0 fully saturated rings. The Morgan fingerprint density at radius 3 is 2.50 bits per heavy atom. The molecule has 0 aliphatic carbocycles. The van der Waals surface area contributed by atoms with Gasteiger partial charge in [0.25, 0.3) is 0 Å². The first-order valence-electron chi connectivity index (χ1n) is 7.52. The summed E-state index contributed by atoms with van der Waals surface area (Å²) in [5, 5.41) is 18.5. The van der Waals surface area contributed by atoms with E-state index in [1.54, 1.807) is 11.8 Å². The Hall–Kier alpha value is -2.17. The Morgan fingerprint density at radius 1 is 1.12 bits per heavy atom. The van der Waals surface area contributed by atoms with Crippen LogP contribution in [-0.2, 0) is 4.79 Å². The van der Waals surface area contributed by atoms with E-state index in [2.05, 4.69) is 32.3 Å². The topological polar surface area (TPSA) is 93.8 Å². The summed E-state index contributed by atoms with van der Waals surface area (Å²) in [7, 11) is 0. The van der Waals surface area contributed by atoms with Gasteiger partial charge in [-0.15, -0.1) is 15.3 Å². The lowest BCUT2D eigenvalue weighted by Crippen LogP contribution is -2.14. The van der Waals surface area contributed by atoms with E-state index in [9.17, 15) is 4.79 Å². The first-order chi connectivity index (χ1) is 12.6. The summed E-state index contributed by atoms with van der Waals surface area (Å²) in [6.07, 6.45) is 0. The molecule has 0 saturated carbocycles. The van der Waals surface area contributed by atoms with Crippen molar-refractivity contribution in [2.75, 3.05) is 16.8 Å². The zero-order chi connectivity index (χ0) is 18.4. The second-order valence-corrected chi connectivity index (χ2v) is 8.62. The average Bonchev–Trinajstić information content (AvgIpc) is 3.28. The number of carbonyl (C=O) groups excluding carboxylic acids is 1. The van der Waals surface area contributed by atoms with Gasteiger partial charge in [-0.05, 0) is 19.1 Å². The number of anilines is 1. The third kappa shape index (κ3) is 5.41. The molecule has 0 bridgehead atoms. The Bertz CT molecular complexity index is 894. The molecule has 0 aliphatic heterocycles.